The quantitative estimate of drug-likeness (QED) is 0.782. The van der Waals surface area contributed by atoms with Crippen molar-refractivity contribution in [1.82, 2.24) is 0 Å². The molecule has 0 unspecified atom stereocenters. The van der Waals surface area contributed by atoms with E-state index in [0.29, 0.717) is 29.4 Å². The third kappa shape index (κ3) is 3.17. The van der Waals surface area contributed by atoms with E-state index in [1.807, 2.05) is 0 Å². The first-order valence-electron chi connectivity index (χ1n) is 7.55. The minimum absolute atomic E-state index is 0.125. The highest BCUT2D eigenvalue weighted by atomic mass is 16.5. The molecule has 1 aliphatic rings. The lowest BCUT2D eigenvalue weighted by Crippen LogP contribution is -2.45. The Balaban J connectivity index is 2.36. The average molecular weight is 321 g/mol. The molecule has 0 heterocycles. The highest BCUT2D eigenvalue weighted by Gasteiger charge is 2.44. The summed E-state index contributed by atoms with van der Waals surface area (Å²) in [6, 6.07) is 3.33. The van der Waals surface area contributed by atoms with Crippen LogP contribution in [0.3, 0.4) is 0 Å². The van der Waals surface area contributed by atoms with Gasteiger partial charge in [-0.25, -0.2) is 0 Å². The normalized spacial score (nSPS) is 15.5. The Hall–Kier alpha value is -2.08. The molecule has 126 valence electrons. The summed E-state index contributed by atoms with van der Waals surface area (Å²) in [4.78, 5) is 24.7. The second-order valence-corrected chi connectivity index (χ2v) is 5.80. The minimum Gasteiger partial charge on any atom is -0.493 e. The third-order valence-electron chi connectivity index (χ3n) is 4.36. The van der Waals surface area contributed by atoms with Gasteiger partial charge in [0, 0.05) is 7.11 Å². The number of nitrogens with one attached hydrogen (secondary N) is 1. The van der Waals surface area contributed by atoms with Gasteiger partial charge in [0.2, 0.25) is 5.91 Å². The zero-order chi connectivity index (χ0) is 17.0. The summed E-state index contributed by atoms with van der Waals surface area (Å²) in [7, 11) is 4.56. The first kappa shape index (κ1) is 17.3. The number of methoxy groups -OCH3 is 3. The second kappa shape index (κ2) is 7.00. The highest BCUT2D eigenvalue weighted by molar-refractivity contribution is 6.07. The van der Waals surface area contributed by atoms with Crippen molar-refractivity contribution in [3.63, 3.8) is 0 Å². The zero-order valence-electron chi connectivity index (χ0n) is 14.0. The van der Waals surface area contributed by atoms with Crippen LogP contribution in [-0.4, -0.2) is 39.6 Å². The maximum Gasteiger partial charge on any atom is 0.232 e. The average Bonchev–Trinajstić information content (AvgIpc) is 2.49. The molecular weight excluding hydrogens is 298 g/mol. The molecule has 0 aromatic heterocycles. The van der Waals surface area contributed by atoms with Crippen LogP contribution < -0.4 is 14.8 Å². The lowest BCUT2D eigenvalue weighted by Gasteiger charge is -2.39. The van der Waals surface area contributed by atoms with E-state index in [9.17, 15) is 9.59 Å². The van der Waals surface area contributed by atoms with Crippen LogP contribution in [0.15, 0.2) is 12.1 Å². The van der Waals surface area contributed by atoms with Crippen LogP contribution in [0.4, 0.5) is 5.69 Å². The Morgan fingerprint density at radius 2 is 1.87 bits per heavy atom. The van der Waals surface area contributed by atoms with E-state index in [1.54, 1.807) is 19.2 Å². The summed E-state index contributed by atoms with van der Waals surface area (Å²) in [6.07, 6.45) is 2.58. The van der Waals surface area contributed by atoms with E-state index in [-0.39, 0.29) is 11.7 Å². The van der Waals surface area contributed by atoms with Gasteiger partial charge in [-0.1, -0.05) is 6.42 Å². The predicted molar refractivity (Wildman–Crippen MR) is 86.3 cm³/mol. The van der Waals surface area contributed by atoms with Crippen molar-refractivity contribution < 1.29 is 23.8 Å². The monoisotopic (exact) mass is 321 g/mol. The molecule has 0 saturated heterocycles. The van der Waals surface area contributed by atoms with Crippen molar-refractivity contribution in [2.75, 3.05) is 33.3 Å². The van der Waals surface area contributed by atoms with Crippen molar-refractivity contribution in [1.29, 1.82) is 0 Å². The van der Waals surface area contributed by atoms with E-state index in [4.69, 9.17) is 14.2 Å². The van der Waals surface area contributed by atoms with Gasteiger partial charge in [-0.3, -0.25) is 9.59 Å². The number of anilines is 1. The first-order chi connectivity index (χ1) is 11.0. The number of amides is 1. The molecule has 2 rings (SSSR count). The largest absolute Gasteiger partial charge is 0.493 e. The van der Waals surface area contributed by atoms with Crippen LogP contribution in [0, 0.1) is 5.41 Å². The third-order valence-corrected chi connectivity index (χ3v) is 4.36. The van der Waals surface area contributed by atoms with Gasteiger partial charge in [0.25, 0.3) is 0 Å². The fourth-order valence-corrected chi connectivity index (χ4v) is 2.95. The molecule has 6 nitrogen and oxygen atoms in total. The Bertz CT molecular complexity index is 607. The molecule has 0 radical (unpaired) electrons. The van der Waals surface area contributed by atoms with Gasteiger partial charge in [0.15, 0.2) is 17.3 Å². The van der Waals surface area contributed by atoms with E-state index < -0.39 is 5.41 Å². The van der Waals surface area contributed by atoms with E-state index in [2.05, 4.69) is 5.32 Å². The Kier molecular flexibility index (Phi) is 5.26. The molecule has 0 bridgehead atoms. The number of benzene rings is 1. The molecule has 6 heteroatoms. The molecule has 1 aromatic rings. The van der Waals surface area contributed by atoms with Gasteiger partial charge in [-0.15, -0.1) is 0 Å². The van der Waals surface area contributed by atoms with Gasteiger partial charge in [0.05, 0.1) is 37.5 Å². The fraction of sp³-hybridized carbons (Fsp3) is 0.529. The lowest BCUT2D eigenvalue weighted by molar-refractivity contribution is -0.134. The van der Waals surface area contributed by atoms with Gasteiger partial charge in [-0.2, -0.15) is 0 Å². The summed E-state index contributed by atoms with van der Waals surface area (Å²) in [5.41, 5.74) is 0.241. The van der Waals surface area contributed by atoms with Gasteiger partial charge < -0.3 is 19.5 Å². The van der Waals surface area contributed by atoms with Crippen molar-refractivity contribution in [2.24, 2.45) is 5.41 Å². The van der Waals surface area contributed by atoms with E-state index in [0.717, 1.165) is 19.3 Å². The molecule has 1 fully saturated rings. The van der Waals surface area contributed by atoms with Crippen molar-refractivity contribution in [2.45, 2.75) is 26.2 Å². The van der Waals surface area contributed by atoms with Crippen molar-refractivity contribution in [3.05, 3.63) is 17.7 Å². The number of rotatable bonds is 7. The number of carbonyl (C=O) groups is 2. The predicted octanol–water partition coefficient (Wildman–Crippen LogP) is 2.66. The number of Topliss-reactive ketones (excluding diaryl/α,β-unsaturated/α-hetero) is 1. The van der Waals surface area contributed by atoms with Crippen LogP contribution in [0.2, 0.25) is 0 Å². The summed E-state index contributed by atoms with van der Waals surface area (Å²) in [5.74, 6) is 0.448. The molecule has 0 aliphatic heterocycles. The molecule has 1 aliphatic carbocycles. The highest BCUT2D eigenvalue weighted by Crippen LogP contribution is 2.43. The summed E-state index contributed by atoms with van der Waals surface area (Å²) in [6.45, 7) is 1.81. The van der Waals surface area contributed by atoms with Crippen LogP contribution in [0.1, 0.15) is 36.5 Å². The van der Waals surface area contributed by atoms with Crippen LogP contribution in [-0.2, 0) is 9.53 Å². The van der Waals surface area contributed by atoms with E-state index >= 15 is 0 Å². The van der Waals surface area contributed by atoms with Crippen LogP contribution >= 0.6 is 0 Å². The first-order valence-corrected chi connectivity index (χ1v) is 7.55. The minimum atomic E-state index is -0.504. The van der Waals surface area contributed by atoms with Gasteiger partial charge in [-0.05, 0) is 31.9 Å². The number of carbonyl (C=O) groups excluding carboxylic acids is 2. The molecule has 1 amide bonds. The molecule has 23 heavy (non-hydrogen) atoms. The van der Waals surface area contributed by atoms with Gasteiger partial charge >= 0.3 is 0 Å². The zero-order valence-corrected chi connectivity index (χ0v) is 14.0. The molecule has 0 spiro atoms. The molecule has 0 atom stereocenters. The standard InChI is InChI=1S/C17H23NO5/c1-11(19)14-12(6-7-13(22-3)15(14)23-4)18-16(20)17(10-21-2)8-5-9-17/h6-7H,5,8-10H2,1-4H3,(H,18,20). The summed E-state index contributed by atoms with van der Waals surface area (Å²) >= 11 is 0. The number of ketones is 1. The lowest BCUT2D eigenvalue weighted by atomic mass is 9.68. The Labute approximate surface area is 136 Å². The number of ether oxygens (including phenoxy) is 3. The topological polar surface area (TPSA) is 73.9 Å². The number of hydrogen-bond acceptors (Lipinski definition) is 5. The maximum absolute atomic E-state index is 12.7. The van der Waals surface area contributed by atoms with Crippen LogP contribution in [0.5, 0.6) is 11.5 Å². The molecule has 1 saturated carbocycles. The molecular formula is C17H23NO5. The van der Waals surface area contributed by atoms with Crippen LogP contribution in [0.25, 0.3) is 0 Å². The maximum atomic E-state index is 12.7. The number of hydrogen-bond donors (Lipinski definition) is 1. The summed E-state index contributed by atoms with van der Waals surface area (Å²) < 4.78 is 15.7. The second-order valence-electron chi connectivity index (χ2n) is 5.80. The SMILES string of the molecule is COCC1(C(=O)Nc2ccc(OC)c(OC)c2C(C)=O)CCC1. The molecule has 1 aromatic carbocycles. The fourth-order valence-electron chi connectivity index (χ4n) is 2.95. The van der Waals surface area contributed by atoms with E-state index in [1.165, 1.54) is 21.1 Å². The molecule has 1 N–H and O–H groups in total. The Morgan fingerprint density at radius 3 is 2.30 bits per heavy atom. The smallest absolute Gasteiger partial charge is 0.232 e. The summed E-state index contributed by atoms with van der Waals surface area (Å²) in [5, 5.41) is 2.87. The van der Waals surface area contributed by atoms with Crippen molar-refractivity contribution >= 4 is 17.4 Å². The van der Waals surface area contributed by atoms with Crippen molar-refractivity contribution in [3.8, 4) is 11.5 Å². The van der Waals surface area contributed by atoms with Gasteiger partial charge in [0.1, 0.15) is 0 Å². The Morgan fingerprint density at radius 1 is 1.17 bits per heavy atom.